The Hall–Kier alpha value is -1.14. The molecule has 0 aromatic rings. The van der Waals surface area contributed by atoms with Crippen molar-refractivity contribution in [2.24, 2.45) is 0 Å². The van der Waals surface area contributed by atoms with Crippen LogP contribution in [0.15, 0.2) is 0 Å². The van der Waals surface area contributed by atoms with Crippen molar-refractivity contribution in [2.45, 2.75) is 25.6 Å². The minimum absolute atomic E-state index is 0.659. The van der Waals surface area contributed by atoms with Gasteiger partial charge < -0.3 is 19.7 Å². The molecule has 0 fully saturated rings. The van der Waals surface area contributed by atoms with Gasteiger partial charge in [0.25, 0.3) is 0 Å². The highest BCUT2D eigenvalue weighted by atomic mass is 16.6. The summed E-state index contributed by atoms with van der Waals surface area (Å²) in [7, 11) is 1.06. The third-order valence-corrected chi connectivity index (χ3v) is 1.80. The largest absolute Gasteiger partial charge is 0.467 e. The highest BCUT2D eigenvalue weighted by Gasteiger charge is 2.44. The van der Waals surface area contributed by atoms with Crippen molar-refractivity contribution < 1.29 is 29.3 Å². The fourth-order valence-electron chi connectivity index (χ4n) is 0.882. The van der Waals surface area contributed by atoms with Crippen LogP contribution < -0.4 is 0 Å². The van der Waals surface area contributed by atoms with Crippen molar-refractivity contribution in [1.82, 2.24) is 0 Å². The van der Waals surface area contributed by atoms with Gasteiger partial charge >= 0.3 is 11.9 Å². The number of hydrogen-bond acceptors (Lipinski definition) is 6. The topological polar surface area (TPSA) is 93.1 Å². The molecule has 2 atom stereocenters. The molecule has 0 radical (unpaired) electrons. The zero-order chi connectivity index (χ0) is 11.4. The predicted octanol–water partition coefficient (Wildman–Crippen LogP) is -1.17. The molecule has 0 saturated heterocycles. The van der Waals surface area contributed by atoms with E-state index in [9.17, 15) is 14.7 Å². The van der Waals surface area contributed by atoms with Gasteiger partial charge in [0.15, 0.2) is 0 Å². The maximum Gasteiger partial charge on any atom is 0.344 e. The molecular formula is C8H14O6. The molecule has 14 heavy (non-hydrogen) atoms. The van der Waals surface area contributed by atoms with E-state index in [1.165, 1.54) is 6.92 Å². The van der Waals surface area contributed by atoms with Crippen LogP contribution in [-0.2, 0) is 19.1 Å². The van der Waals surface area contributed by atoms with Gasteiger partial charge in [0.1, 0.15) is 6.10 Å². The zero-order valence-corrected chi connectivity index (χ0v) is 8.31. The molecule has 0 heterocycles. The van der Waals surface area contributed by atoms with Gasteiger partial charge in [0.05, 0.1) is 13.7 Å². The summed E-state index contributed by atoms with van der Waals surface area (Å²) in [5.74, 6) is -1.71. The Morgan fingerprint density at radius 3 is 2.29 bits per heavy atom. The third kappa shape index (κ3) is 2.68. The molecule has 0 aromatic heterocycles. The number of aliphatic hydroxyl groups is 2. The Balaban J connectivity index is 4.66. The lowest BCUT2D eigenvalue weighted by molar-refractivity contribution is -0.189. The molecule has 0 rings (SSSR count). The smallest absolute Gasteiger partial charge is 0.344 e. The number of carbonyl (C=O) groups is 2. The number of esters is 2. The molecule has 0 spiro atoms. The van der Waals surface area contributed by atoms with E-state index in [1.54, 1.807) is 0 Å². The first-order chi connectivity index (χ1) is 6.38. The number of hydrogen-bond donors (Lipinski definition) is 2. The van der Waals surface area contributed by atoms with Gasteiger partial charge in [-0.15, -0.1) is 0 Å². The standard InChI is InChI=1S/C8H14O6/c1-5(14-6(2)10)8(12,4-9)7(11)13-3/h5,9,12H,4H2,1-3H3. The Kier molecular flexibility index (Phi) is 4.52. The molecule has 0 bridgehead atoms. The second kappa shape index (κ2) is 4.92. The number of rotatable bonds is 4. The van der Waals surface area contributed by atoms with Gasteiger partial charge in [-0.25, -0.2) is 4.79 Å². The summed E-state index contributed by atoms with van der Waals surface area (Å²) < 4.78 is 8.85. The average molecular weight is 206 g/mol. The molecule has 0 amide bonds. The van der Waals surface area contributed by atoms with E-state index in [0.717, 1.165) is 14.0 Å². The molecule has 82 valence electrons. The maximum atomic E-state index is 11.1. The fraction of sp³-hybridized carbons (Fsp3) is 0.750. The van der Waals surface area contributed by atoms with E-state index < -0.39 is 30.3 Å². The molecular weight excluding hydrogens is 192 g/mol. The molecule has 2 unspecified atom stereocenters. The van der Waals surface area contributed by atoms with Crippen molar-refractivity contribution in [3.05, 3.63) is 0 Å². The summed E-state index contributed by atoms with van der Waals surface area (Å²) >= 11 is 0. The van der Waals surface area contributed by atoms with E-state index in [2.05, 4.69) is 9.47 Å². The van der Waals surface area contributed by atoms with E-state index in [4.69, 9.17) is 5.11 Å². The van der Waals surface area contributed by atoms with Crippen LogP contribution in [0.1, 0.15) is 13.8 Å². The van der Waals surface area contributed by atoms with Crippen molar-refractivity contribution in [3.8, 4) is 0 Å². The normalized spacial score (nSPS) is 16.6. The number of ether oxygens (including phenoxy) is 2. The van der Waals surface area contributed by atoms with Crippen molar-refractivity contribution in [2.75, 3.05) is 13.7 Å². The SMILES string of the molecule is COC(=O)C(O)(CO)C(C)OC(C)=O. The minimum Gasteiger partial charge on any atom is -0.467 e. The minimum atomic E-state index is -2.21. The lowest BCUT2D eigenvalue weighted by Gasteiger charge is -2.28. The lowest BCUT2D eigenvalue weighted by Crippen LogP contribution is -2.53. The first-order valence-corrected chi connectivity index (χ1v) is 3.97. The Morgan fingerprint density at radius 1 is 1.50 bits per heavy atom. The molecule has 6 nitrogen and oxygen atoms in total. The molecule has 0 aliphatic rings. The van der Waals surface area contributed by atoms with E-state index >= 15 is 0 Å². The van der Waals surface area contributed by atoms with Crippen molar-refractivity contribution >= 4 is 11.9 Å². The first kappa shape index (κ1) is 12.9. The second-order valence-electron chi connectivity index (χ2n) is 2.83. The summed E-state index contributed by atoms with van der Waals surface area (Å²) in [4.78, 5) is 21.6. The van der Waals surface area contributed by atoms with Gasteiger partial charge in [0, 0.05) is 6.92 Å². The van der Waals surface area contributed by atoms with Crippen LogP contribution in [0.25, 0.3) is 0 Å². The van der Waals surface area contributed by atoms with Gasteiger partial charge in [-0.05, 0) is 6.92 Å². The van der Waals surface area contributed by atoms with E-state index in [-0.39, 0.29) is 0 Å². The zero-order valence-electron chi connectivity index (χ0n) is 8.31. The summed E-state index contributed by atoms with van der Waals surface area (Å²) in [6, 6.07) is 0. The number of aliphatic hydroxyl groups excluding tert-OH is 1. The molecule has 0 saturated carbocycles. The number of carbonyl (C=O) groups excluding carboxylic acids is 2. The lowest BCUT2D eigenvalue weighted by atomic mass is 9.99. The summed E-state index contributed by atoms with van der Waals surface area (Å²) in [5.41, 5.74) is -2.21. The third-order valence-electron chi connectivity index (χ3n) is 1.80. The van der Waals surface area contributed by atoms with Gasteiger partial charge in [-0.3, -0.25) is 4.79 Å². The predicted molar refractivity (Wildman–Crippen MR) is 45.3 cm³/mol. The summed E-state index contributed by atoms with van der Waals surface area (Å²) in [6.45, 7) is 1.54. The van der Waals surface area contributed by atoms with Crippen LogP contribution in [0.5, 0.6) is 0 Å². The summed E-state index contributed by atoms with van der Waals surface area (Å²) in [5, 5.41) is 18.4. The molecule has 2 N–H and O–H groups in total. The average Bonchev–Trinajstić information content (AvgIpc) is 2.14. The van der Waals surface area contributed by atoms with E-state index in [0.29, 0.717) is 0 Å². The molecule has 0 aliphatic heterocycles. The second-order valence-corrected chi connectivity index (χ2v) is 2.83. The van der Waals surface area contributed by atoms with Crippen molar-refractivity contribution in [1.29, 1.82) is 0 Å². The summed E-state index contributed by atoms with van der Waals surface area (Å²) in [6.07, 6.45) is -1.17. The molecule has 6 heteroatoms. The van der Waals surface area contributed by atoms with Gasteiger partial charge in [-0.1, -0.05) is 0 Å². The van der Waals surface area contributed by atoms with E-state index in [1.807, 2.05) is 0 Å². The maximum absolute atomic E-state index is 11.1. The molecule has 0 aromatic carbocycles. The van der Waals surface area contributed by atoms with Crippen molar-refractivity contribution in [3.63, 3.8) is 0 Å². The highest BCUT2D eigenvalue weighted by Crippen LogP contribution is 2.15. The van der Waals surface area contributed by atoms with Gasteiger partial charge in [-0.2, -0.15) is 0 Å². The Bertz CT molecular complexity index is 226. The first-order valence-electron chi connectivity index (χ1n) is 3.97. The monoisotopic (exact) mass is 206 g/mol. The fourth-order valence-corrected chi connectivity index (χ4v) is 0.882. The number of methoxy groups -OCH3 is 1. The van der Waals surface area contributed by atoms with Crippen LogP contribution in [0.3, 0.4) is 0 Å². The molecule has 0 aliphatic carbocycles. The van der Waals surface area contributed by atoms with Crippen LogP contribution in [0, 0.1) is 0 Å². The van der Waals surface area contributed by atoms with Crippen LogP contribution in [0.2, 0.25) is 0 Å². The van der Waals surface area contributed by atoms with Crippen LogP contribution in [0.4, 0.5) is 0 Å². The quantitative estimate of drug-likeness (QED) is 0.563. The van der Waals surface area contributed by atoms with Gasteiger partial charge in [0.2, 0.25) is 5.60 Å². The van der Waals surface area contributed by atoms with Crippen LogP contribution >= 0.6 is 0 Å². The highest BCUT2D eigenvalue weighted by molar-refractivity contribution is 5.80. The Morgan fingerprint density at radius 2 is 2.00 bits per heavy atom. The Labute approximate surface area is 81.4 Å². The van der Waals surface area contributed by atoms with Crippen LogP contribution in [-0.4, -0.2) is 47.6 Å².